The molecule has 1 N–H and O–H groups in total. The molecule has 2 aromatic rings. The molecule has 1 amide bonds. The zero-order valence-electron chi connectivity index (χ0n) is 15.8. The number of carbonyl (C=O) groups is 1. The first-order valence-corrected chi connectivity index (χ1v) is 9.22. The molecule has 2 aromatic carbocycles. The number of amides is 1. The maximum absolute atomic E-state index is 13.2. The van der Waals surface area contributed by atoms with Crippen LogP contribution < -0.4 is 15.0 Å². The molecule has 0 radical (unpaired) electrons. The zero-order chi connectivity index (χ0) is 19.2. The quantitative estimate of drug-likeness (QED) is 0.848. The summed E-state index contributed by atoms with van der Waals surface area (Å²) in [6.07, 6.45) is 0. The van der Waals surface area contributed by atoms with E-state index < -0.39 is 0 Å². The summed E-state index contributed by atoms with van der Waals surface area (Å²) in [5.41, 5.74) is 1.85. The van der Waals surface area contributed by atoms with Gasteiger partial charge in [-0.1, -0.05) is 24.3 Å². The van der Waals surface area contributed by atoms with Crippen molar-refractivity contribution in [1.82, 2.24) is 10.2 Å². The Labute approximate surface area is 159 Å². The number of nitrogens with zero attached hydrogens (tertiary/aromatic N) is 2. The lowest BCUT2D eigenvalue weighted by atomic mass is 10.1. The van der Waals surface area contributed by atoms with Gasteiger partial charge in [0.1, 0.15) is 11.6 Å². The number of ether oxygens (including phenoxy) is 1. The molecular formula is C21H26FN3O2. The molecule has 27 heavy (non-hydrogen) atoms. The highest BCUT2D eigenvalue weighted by atomic mass is 19.1. The maximum atomic E-state index is 13.2. The molecule has 0 bridgehead atoms. The third-order valence-electron chi connectivity index (χ3n) is 5.02. The molecule has 1 aliphatic heterocycles. The van der Waals surface area contributed by atoms with Gasteiger partial charge in [-0.3, -0.25) is 9.69 Å². The van der Waals surface area contributed by atoms with E-state index in [9.17, 15) is 9.18 Å². The number of hydrogen-bond acceptors (Lipinski definition) is 4. The average Bonchev–Trinajstić information content (AvgIpc) is 2.71. The Morgan fingerprint density at radius 3 is 2.59 bits per heavy atom. The van der Waals surface area contributed by atoms with Gasteiger partial charge in [0.25, 0.3) is 0 Å². The number of piperazine rings is 1. The first-order chi connectivity index (χ1) is 13.1. The van der Waals surface area contributed by atoms with Crippen LogP contribution in [0.25, 0.3) is 0 Å². The van der Waals surface area contributed by atoms with Crippen molar-refractivity contribution < 1.29 is 13.9 Å². The summed E-state index contributed by atoms with van der Waals surface area (Å²) in [5, 5.41) is 2.90. The number of carbonyl (C=O) groups excluding carboxylic acids is 1. The number of rotatable bonds is 6. The lowest BCUT2D eigenvalue weighted by Crippen LogP contribution is -2.53. The minimum absolute atomic E-state index is 0.0370. The van der Waals surface area contributed by atoms with Gasteiger partial charge in [0.2, 0.25) is 5.91 Å². The van der Waals surface area contributed by atoms with Crippen LogP contribution in [0, 0.1) is 5.82 Å². The summed E-state index contributed by atoms with van der Waals surface area (Å²) >= 11 is 0. The fraction of sp³-hybridized carbons (Fsp3) is 0.381. The third-order valence-corrected chi connectivity index (χ3v) is 5.02. The number of para-hydroxylation sites is 2. The molecule has 6 heteroatoms. The monoisotopic (exact) mass is 371 g/mol. The molecule has 1 heterocycles. The molecule has 0 saturated carbocycles. The lowest BCUT2D eigenvalue weighted by Gasteiger charge is -2.38. The molecule has 1 saturated heterocycles. The van der Waals surface area contributed by atoms with E-state index in [1.165, 1.54) is 12.1 Å². The summed E-state index contributed by atoms with van der Waals surface area (Å²) in [6, 6.07) is 14.1. The van der Waals surface area contributed by atoms with Gasteiger partial charge in [0.15, 0.2) is 0 Å². The van der Waals surface area contributed by atoms with Gasteiger partial charge >= 0.3 is 0 Å². The average molecular weight is 371 g/mol. The van der Waals surface area contributed by atoms with E-state index in [1.807, 2.05) is 25.1 Å². The number of halogens is 1. The summed E-state index contributed by atoms with van der Waals surface area (Å²) in [4.78, 5) is 16.9. The van der Waals surface area contributed by atoms with Gasteiger partial charge in [-0.25, -0.2) is 4.39 Å². The lowest BCUT2D eigenvalue weighted by molar-refractivity contribution is -0.126. The van der Waals surface area contributed by atoms with Crippen LogP contribution in [0.2, 0.25) is 0 Å². The second-order valence-corrected chi connectivity index (χ2v) is 6.72. The molecule has 0 unspecified atom stereocenters. The fourth-order valence-electron chi connectivity index (χ4n) is 3.39. The highest BCUT2D eigenvalue weighted by molar-refractivity contribution is 5.81. The van der Waals surface area contributed by atoms with Crippen molar-refractivity contribution in [2.24, 2.45) is 0 Å². The third kappa shape index (κ3) is 4.77. The highest BCUT2D eigenvalue weighted by Gasteiger charge is 2.26. The van der Waals surface area contributed by atoms with Crippen molar-refractivity contribution in [3.05, 3.63) is 59.9 Å². The zero-order valence-corrected chi connectivity index (χ0v) is 15.8. The van der Waals surface area contributed by atoms with Crippen LogP contribution in [0.4, 0.5) is 10.1 Å². The van der Waals surface area contributed by atoms with Crippen LogP contribution in [0.5, 0.6) is 5.75 Å². The number of anilines is 1. The Balaban J connectivity index is 1.51. The summed E-state index contributed by atoms with van der Waals surface area (Å²) in [7, 11) is 1.68. The topological polar surface area (TPSA) is 44.8 Å². The SMILES string of the molecule is COc1ccccc1N1CCN([C@H](C)C(=O)NCc2cccc(F)c2)CC1. The maximum Gasteiger partial charge on any atom is 0.237 e. The van der Waals surface area contributed by atoms with Gasteiger partial charge in [-0.2, -0.15) is 0 Å². The molecule has 0 spiro atoms. The molecular weight excluding hydrogens is 345 g/mol. The molecule has 3 rings (SSSR count). The van der Waals surface area contributed by atoms with Crippen molar-refractivity contribution in [1.29, 1.82) is 0 Å². The van der Waals surface area contributed by atoms with E-state index in [0.29, 0.717) is 6.54 Å². The molecule has 144 valence electrons. The van der Waals surface area contributed by atoms with Crippen LogP contribution in [-0.2, 0) is 11.3 Å². The summed E-state index contributed by atoms with van der Waals surface area (Å²) in [6.45, 7) is 5.52. The fourth-order valence-corrected chi connectivity index (χ4v) is 3.39. The summed E-state index contributed by atoms with van der Waals surface area (Å²) < 4.78 is 18.7. The Kier molecular flexibility index (Phi) is 6.29. The Morgan fingerprint density at radius 1 is 1.15 bits per heavy atom. The van der Waals surface area contributed by atoms with Gasteiger partial charge in [-0.15, -0.1) is 0 Å². The molecule has 1 aliphatic rings. The predicted octanol–water partition coefficient (Wildman–Crippen LogP) is 2.66. The van der Waals surface area contributed by atoms with E-state index in [0.717, 1.165) is 43.2 Å². The van der Waals surface area contributed by atoms with Crippen molar-refractivity contribution in [3.63, 3.8) is 0 Å². The van der Waals surface area contributed by atoms with Crippen molar-refractivity contribution in [3.8, 4) is 5.75 Å². The van der Waals surface area contributed by atoms with Gasteiger partial charge < -0.3 is 15.0 Å². The number of hydrogen-bond donors (Lipinski definition) is 1. The van der Waals surface area contributed by atoms with Gasteiger partial charge in [0.05, 0.1) is 18.8 Å². The van der Waals surface area contributed by atoms with Crippen LogP contribution in [0.15, 0.2) is 48.5 Å². The van der Waals surface area contributed by atoms with Crippen LogP contribution >= 0.6 is 0 Å². The smallest absolute Gasteiger partial charge is 0.237 e. The largest absolute Gasteiger partial charge is 0.495 e. The number of nitrogens with one attached hydrogen (secondary N) is 1. The molecule has 1 fully saturated rings. The molecule has 5 nitrogen and oxygen atoms in total. The van der Waals surface area contributed by atoms with Gasteiger partial charge in [-0.05, 0) is 36.8 Å². The molecule has 0 aromatic heterocycles. The number of methoxy groups -OCH3 is 1. The van der Waals surface area contributed by atoms with Crippen molar-refractivity contribution >= 4 is 11.6 Å². The highest BCUT2D eigenvalue weighted by Crippen LogP contribution is 2.28. The van der Waals surface area contributed by atoms with Crippen LogP contribution in [0.3, 0.4) is 0 Å². The summed E-state index contributed by atoms with van der Waals surface area (Å²) in [5.74, 6) is 0.541. The van der Waals surface area contributed by atoms with Crippen molar-refractivity contribution in [2.75, 3.05) is 38.2 Å². The number of benzene rings is 2. The van der Waals surface area contributed by atoms with E-state index in [-0.39, 0.29) is 17.8 Å². The molecule has 0 aliphatic carbocycles. The minimum atomic E-state index is -0.290. The second-order valence-electron chi connectivity index (χ2n) is 6.72. The second kappa shape index (κ2) is 8.86. The Hall–Kier alpha value is -2.60. The normalized spacial score (nSPS) is 16.0. The first kappa shape index (κ1) is 19.2. The van der Waals surface area contributed by atoms with Gasteiger partial charge in [0, 0.05) is 32.7 Å². The first-order valence-electron chi connectivity index (χ1n) is 9.22. The van der Waals surface area contributed by atoms with E-state index in [4.69, 9.17) is 4.74 Å². The van der Waals surface area contributed by atoms with Crippen molar-refractivity contribution in [2.45, 2.75) is 19.5 Å². The van der Waals surface area contributed by atoms with Crippen LogP contribution in [-0.4, -0.2) is 50.1 Å². The molecule has 1 atom stereocenters. The van der Waals surface area contributed by atoms with E-state index in [1.54, 1.807) is 19.2 Å². The van der Waals surface area contributed by atoms with Crippen LogP contribution in [0.1, 0.15) is 12.5 Å². The van der Waals surface area contributed by atoms with E-state index in [2.05, 4.69) is 21.2 Å². The van der Waals surface area contributed by atoms with E-state index >= 15 is 0 Å². The Morgan fingerprint density at radius 2 is 1.89 bits per heavy atom. The predicted molar refractivity (Wildman–Crippen MR) is 104 cm³/mol. The minimum Gasteiger partial charge on any atom is -0.495 e. The standard InChI is InChI=1S/C21H26FN3O2/c1-16(21(26)23-15-17-6-5-7-18(22)14-17)24-10-12-25(13-11-24)19-8-3-4-9-20(19)27-2/h3-9,14,16H,10-13,15H2,1-2H3,(H,23,26)/t16-/m1/s1. The Bertz CT molecular complexity index is 776.